The van der Waals surface area contributed by atoms with Crippen LogP contribution in [0.15, 0.2) is 30.5 Å². The van der Waals surface area contributed by atoms with Crippen LogP contribution < -0.4 is 0 Å². The number of aromatic nitrogens is 1. The monoisotopic (exact) mass is 355 g/mol. The Kier molecular flexibility index (Phi) is 3.56. The van der Waals surface area contributed by atoms with Gasteiger partial charge in [-0.15, -0.1) is 0 Å². The van der Waals surface area contributed by atoms with Crippen molar-refractivity contribution in [1.82, 2.24) is 4.98 Å². The number of fused-ring (bicyclic) bond motifs is 1. The molecule has 1 heterocycles. The van der Waals surface area contributed by atoms with Gasteiger partial charge < -0.3 is 4.74 Å². The fourth-order valence-electron chi connectivity index (χ4n) is 1.55. The summed E-state index contributed by atoms with van der Waals surface area (Å²) in [4.78, 5) is 16.0. The van der Waals surface area contributed by atoms with Gasteiger partial charge in [0.2, 0.25) is 0 Å². The molecule has 0 aliphatic carbocycles. The van der Waals surface area contributed by atoms with Crippen LogP contribution in [0.5, 0.6) is 0 Å². The summed E-state index contributed by atoms with van der Waals surface area (Å²) in [6, 6.07) is 7.79. The molecule has 1 aromatic heterocycles. The van der Waals surface area contributed by atoms with Crippen LogP contribution in [0.4, 0.5) is 0 Å². The van der Waals surface area contributed by atoms with Crippen molar-refractivity contribution >= 4 is 39.3 Å². The Morgan fingerprint density at radius 1 is 1.22 bits per heavy atom. The van der Waals surface area contributed by atoms with Crippen molar-refractivity contribution in [2.75, 3.05) is 0 Å². The van der Waals surface area contributed by atoms with Crippen molar-refractivity contribution in [3.8, 4) is 0 Å². The molecule has 3 nitrogen and oxygen atoms in total. The Morgan fingerprint density at radius 2 is 1.94 bits per heavy atom. The summed E-state index contributed by atoms with van der Waals surface area (Å²) in [5, 5.41) is 2.01. The highest BCUT2D eigenvalue weighted by Crippen LogP contribution is 2.19. The minimum Gasteiger partial charge on any atom is -0.455 e. The predicted molar refractivity (Wildman–Crippen MR) is 79.6 cm³/mol. The van der Waals surface area contributed by atoms with Gasteiger partial charge in [0.1, 0.15) is 11.3 Å². The molecule has 0 saturated carbocycles. The van der Waals surface area contributed by atoms with Gasteiger partial charge in [0.25, 0.3) is 0 Å². The molecular weight excluding hydrogens is 341 g/mol. The Hall–Kier alpha value is -1.17. The molecule has 0 bridgehead atoms. The Morgan fingerprint density at radius 3 is 2.61 bits per heavy atom. The number of ether oxygens (including phenoxy) is 1. The number of hydrogen-bond donors (Lipinski definition) is 0. The van der Waals surface area contributed by atoms with E-state index in [0.29, 0.717) is 5.69 Å². The maximum Gasteiger partial charge on any atom is 0.357 e. The molecule has 0 N–H and O–H groups in total. The summed E-state index contributed by atoms with van der Waals surface area (Å²) in [6.45, 7) is 5.53. The second kappa shape index (κ2) is 4.84. The van der Waals surface area contributed by atoms with Gasteiger partial charge in [-0.25, -0.2) is 9.78 Å². The zero-order valence-electron chi connectivity index (χ0n) is 10.5. The topological polar surface area (TPSA) is 39.2 Å². The number of nitrogens with zero attached hydrogens (tertiary/aromatic N) is 1. The van der Waals surface area contributed by atoms with Gasteiger partial charge in [0.05, 0.1) is 0 Å². The molecule has 0 aliphatic rings. The molecule has 0 saturated heterocycles. The molecule has 0 atom stereocenters. The van der Waals surface area contributed by atoms with Gasteiger partial charge in [-0.1, -0.05) is 6.07 Å². The first-order valence-corrected chi connectivity index (χ1v) is 6.72. The number of carbonyl (C=O) groups excluding carboxylic acids is 1. The quantitative estimate of drug-likeness (QED) is 0.577. The van der Waals surface area contributed by atoms with Crippen LogP contribution >= 0.6 is 22.6 Å². The van der Waals surface area contributed by atoms with Crippen LogP contribution in [0.25, 0.3) is 10.8 Å². The molecule has 0 amide bonds. The highest BCUT2D eigenvalue weighted by Gasteiger charge is 2.18. The Bertz CT molecular complexity index is 602. The highest BCUT2D eigenvalue weighted by atomic mass is 127. The first-order valence-electron chi connectivity index (χ1n) is 5.64. The summed E-state index contributed by atoms with van der Waals surface area (Å²) in [5.41, 5.74) is -0.154. The lowest BCUT2D eigenvalue weighted by Gasteiger charge is -2.19. The molecule has 18 heavy (non-hydrogen) atoms. The SMILES string of the molecule is CC(C)(C)OC(=O)c1cc2cc(I)ccc2cn1. The fraction of sp³-hybridized carbons (Fsp3) is 0.286. The third kappa shape index (κ3) is 3.19. The molecule has 4 heteroatoms. The summed E-state index contributed by atoms with van der Waals surface area (Å²) >= 11 is 2.24. The van der Waals surface area contributed by atoms with Crippen molar-refractivity contribution in [2.24, 2.45) is 0 Å². The molecule has 0 spiro atoms. The number of pyridine rings is 1. The van der Waals surface area contributed by atoms with E-state index in [4.69, 9.17) is 4.74 Å². The van der Waals surface area contributed by atoms with E-state index in [2.05, 4.69) is 27.6 Å². The molecule has 0 aliphatic heterocycles. The second-order valence-corrected chi connectivity index (χ2v) is 6.31. The predicted octanol–water partition coefficient (Wildman–Crippen LogP) is 3.79. The zero-order valence-corrected chi connectivity index (χ0v) is 12.7. The largest absolute Gasteiger partial charge is 0.455 e. The van der Waals surface area contributed by atoms with E-state index in [1.165, 1.54) is 0 Å². The minimum atomic E-state index is -0.501. The molecule has 2 aromatic rings. The van der Waals surface area contributed by atoms with Gasteiger partial charge in [-0.2, -0.15) is 0 Å². The molecule has 1 aromatic carbocycles. The number of halogens is 1. The van der Waals surface area contributed by atoms with Gasteiger partial charge in [-0.3, -0.25) is 0 Å². The average molecular weight is 355 g/mol. The molecular formula is C14H14INO2. The minimum absolute atomic E-state index is 0.347. The van der Waals surface area contributed by atoms with Crippen molar-refractivity contribution in [2.45, 2.75) is 26.4 Å². The van der Waals surface area contributed by atoms with Gasteiger partial charge >= 0.3 is 5.97 Å². The van der Waals surface area contributed by atoms with Crippen molar-refractivity contribution in [3.05, 3.63) is 39.7 Å². The van der Waals surface area contributed by atoms with Crippen molar-refractivity contribution in [3.63, 3.8) is 0 Å². The summed E-state index contributed by atoms with van der Waals surface area (Å²) < 4.78 is 6.43. The normalized spacial score (nSPS) is 11.6. The highest BCUT2D eigenvalue weighted by molar-refractivity contribution is 14.1. The van der Waals surface area contributed by atoms with Crippen LogP contribution in [0.1, 0.15) is 31.3 Å². The van der Waals surface area contributed by atoms with E-state index in [1.807, 2.05) is 39.0 Å². The number of hydrogen-bond acceptors (Lipinski definition) is 3. The molecule has 0 radical (unpaired) electrons. The van der Waals surface area contributed by atoms with Crippen LogP contribution in [-0.4, -0.2) is 16.6 Å². The smallest absolute Gasteiger partial charge is 0.357 e. The van der Waals surface area contributed by atoms with Crippen LogP contribution in [0.3, 0.4) is 0 Å². The Balaban J connectivity index is 2.37. The lowest BCUT2D eigenvalue weighted by Crippen LogP contribution is -2.24. The van der Waals surface area contributed by atoms with E-state index >= 15 is 0 Å². The maximum absolute atomic E-state index is 11.9. The average Bonchev–Trinajstić information content (AvgIpc) is 2.25. The van der Waals surface area contributed by atoms with Crippen LogP contribution in [0, 0.1) is 3.57 Å². The first kappa shape index (κ1) is 13.3. The van der Waals surface area contributed by atoms with E-state index in [9.17, 15) is 4.79 Å². The van der Waals surface area contributed by atoms with E-state index in [1.54, 1.807) is 12.3 Å². The van der Waals surface area contributed by atoms with Crippen LogP contribution in [-0.2, 0) is 4.74 Å². The molecule has 0 fully saturated rings. The Labute approximate surface area is 120 Å². The lowest BCUT2D eigenvalue weighted by atomic mass is 10.1. The van der Waals surface area contributed by atoms with Gasteiger partial charge in [0, 0.05) is 15.2 Å². The van der Waals surface area contributed by atoms with E-state index < -0.39 is 5.60 Å². The number of benzene rings is 1. The standard InChI is InChI=1S/C14H14INO2/c1-14(2,3)18-13(17)12-7-10-6-11(15)5-4-9(10)8-16-12/h4-8H,1-3H3. The molecule has 94 valence electrons. The summed E-state index contributed by atoms with van der Waals surface area (Å²) in [7, 11) is 0. The zero-order chi connectivity index (χ0) is 13.3. The number of carbonyl (C=O) groups is 1. The second-order valence-electron chi connectivity index (χ2n) is 5.06. The van der Waals surface area contributed by atoms with Crippen molar-refractivity contribution in [1.29, 1.82) is 0 Å². The van der Waals surface area contributed by atoms with E-state index in [0.717, 1.165) is 14.3 Å². The van der Waals surface area contributed by atoms with Crippen molar-refractivity contribution < 1.29 is 9.53 Å². The lowest BCUT2D eigenvalue weighted by molar-refractivity contribution is 0.00631. The number of rotatable bonds is 1. The number of esters is 1. The summed E-state index contributed by atoms with van der Waals surface area (Å²) in [6.07, 6.45) is 1.70. The third-order valence-electron chi connectivity index (χ3n) is 2.29. The molecule has 0 unspecified atom stereocenters. The first-order chi connectivity index (χ1) is 8.35. The van der Waals surface area contributed by atoms with E-state index in [-0.39, 0.29) is 5.97 Å². The fourth-order valence-corrected chi connectivity index (χ4v) is 2.07. The van der Waals surface area contributed by atoms with Crippen LogP contribution in [0.2, 0.25) is 0 Å². The third-order valence-corrected chi connectivity index (χ3v) is 2.96. The van der Waals surface area contributed by atoms with Gasteiger partial charge in [0.15, 0.2) is 0 Å². The maximum atomic E-state index is 11.9. The molecule has 2 rings (SSSR count). The van der Waals surface area contributed by atoms with Gasteiger partial charge in [-0.05, 0) is 66.9 Å². The summed E-state index contributed by atoms with van der Waals surface area (Å²) in [5.74, 6) is -0.386.